The maximum absolute atomic E-state index is 12.4. The molecule has 0 bridgehead atoms. The van der Waals surface area contributed by atoms with E-state index in [4.69, 9.17) is 4.74 Å². The van der Waals surface area contributed by atoms with Crippen molar-refractivity contribution in [1.29, 1.82) is 0 Å². The summed E-state index contributed by atoms with van der Waals surface area (Å²) in [5, 5.41) is 11.7. The summed E-state index contributed by atoms with van der Waals surface area (Å²) in [7, 11) is 0. The minimum absolute atomic E-state index is 0.0340. The van der Waals surface area contributed by atoms with Gasteiger partial charge in [0.2, 0.25) is 0 Å². The first-order valence-corrected chi connectivity index (χ1v) is 9.71. The van der Waals surface area contributed by atoms with Crippen molar-refractivity contribution in [3.8, 4) is 0 Å². The number of esters is 1. The molecule has 0 amide bonds. The number of hydrogen-bond acceptors (Lipinski definition) is 4. The highest BCUT2D eigenvalue weighted by molar-refractivity contribution is 14.1. The summed E-state index contributed by atoms with van der Waals surface area (Å²) in [6.07, 6.45) is 6.25. The van der Waals surface area contributed by atoms with Gasteiger partial charge >= 0.3 is 11.9 Å². The molecule has 1 fully saturated rings. The van der Waals surface area contributed by atoms with Gasteiger partial charge in [-0.15, -0.1) is 0 Å². The van der Waals surface area contributed by atoms with E-state index in [1.54, 1.807) is 5.41 Å². The van der Waals surface area contributed by atoms with Gasteiger partial charge in [-0.2, -0.15) is 12.6 Å². The lowest BCUT2D eigenvalue weighted by Gasteiger charge is -2.59. The number of aliphatic carboxylic acids is 1. The highest BCUT2D eigenvalue weighted by Gasteiger charge is 2.66. The first-order chi connectivity index (χ1) is 11.0. The third kappa shape index (κ3) is 3.04. The van der Waals surface area contributed by atoms with Gasteiger partial charge < -0.3 is 9.84 Å². The second-order valence-electron chi connectivity index (χ2n) is 7.82. The zero-order chi connectivity index (χ0) is 18.3. The molecule has 24 heavy (non-hydrogen) atoms. The van der Waals surface area contributed by atoms with E-state index in [0.717, 1.165) is 22.8 Å². The van der Waals surface area contributed by atoms with E-state index in [-0.39, 0.29) is 11.3 Å². The fraction of sp³-hybridized carbons (Fsp3) is 0.667. The number of carboxylic acid groups (broad SMARTS) is 1. The number of halogens is 1. The molecule has 134 valence electrons. The van der Waals surface area contributed by atoms with Crippen LogP contribution in [-0.4, -0.2) is 22.6 Å². The van der Waals surface area contributed by atoms with Crippen LogP contribution in [0.3, 0.4) is 0 Å². The van der Waals surface area contributed by atoms with Gasteiger partial charge in [0.15, 0.2) is 5.60 Å². The van der Waals surface area contributed by atoms with Crippen molar-refractivity contribution in [2.24, 2.45) is 22.7 Å². The van der Waals surface area contributed by atoms with Crippen LogP contribution in [0.25, 0.3) is 0 Å². The molecule has 0 aromatic carbocycles. The largest absolute Gasteiger partial charge is 0.481 e. The number of thiol groups is 1. The molecule has 4 atom stereocenters. The SMILES string of the molecule is CC(=O)O[C@]12C(I)=CCC(C)(C)[C@@H]1CCC(C)(/C=C/S)[C@@H]2C(=O)O. The first kappa shape index (κ1) is 19.8. The van der Waals surface area contributed by atoms with Crippen LogP contribution >= 0.6 is 35.2 Å². The van der Waals surface area contributed by atoms with Gasteiger partial charge in [0.1, 0.15) is 5.92 Å². The lowest BCUT2D eigenvalue weighted by Crippen LogP contribution is -2.64. The van der Waals surface area contributed by atoms with Crippen LogP contribution in [0.5, 0.6) is 0 Å². The highest BCUT2D eigenvalue weighted by Crippen LogP contribution is 2.63. The van der Waals surface area contributed by atoms with Crippen molar-refractivity contribution in [2.75, 3.05) is 0 Å². The molecule has 0 saturated heterocycles. The Kier molecular flexibility index (Phi) is 5.50. The molecule has 6 heteroatoms. The number of rotatable bonds is 3. The zero-order valence-electron chi connectivity index (χ0n) is 14.5. The maximum Gasteiger partial charge on any atom is 0.311 e. The number of carbonyl (C=O) groups excluding carboxylic acids is 1. The molecule has 0 aromatic rings. The maximum atomic E-state index is 12.4. The Bertz CT molecular complexity index is 612. The Morgan fingerprint density at radius 2 is 2.04 bits per heavy atom. The molecule has 0 radical (unpaired) electrons. The number of allylic oxidation sites excluding steroid dienone is 2. The van der Waals surface area contributed by atoms with Crippen LogP contribution in [0.1, 0.15) is 47.0 Å². The quantitative estimate of drug-likeness (QED) is 0.364. The van der Waals surface area contributed by atoms with Gasteiger partial charge in [-0.05, 0) is 52.7 Å². The Morgan fingerprint density at radius 1 is 1.42 bits per heavy atom. The number of hydrogen-bond donors (Lipinski definition) is 2. The van der Waals surface area contributed by atoms with E-state index in [1.165, 1.54) is 6.92 Å². The predicted octanol–water partition coefficient (Wildman–Crippen LogP) is 4.60. The lowest BCUT2D eigenvalue weighted by molar-refractivity contribution is -0.199. The van der Waals surface area contributed by atoms with Gasteiger partial charge in [0, 0.05) is 21.8 Å². The second kappa shape index (κ2) is 6.67. The molecule has 0 aromatic heterocycles. The summed E-state index contributed by atoms with van der Waals surface area (Å²) < 4.78 is 6.72. The van der Waals surface area contributed by atoms with Crippen LogP contribution in [-0.2, 0) is 14.3 Å². The molecule has 4 nitrogen and oxygen atoms in total. The Labute approximate surface area is 162 Å². The third-order valence-corrected chi connectivity index (χ3v) is 7.15. The normalized spacial score (nSPS) is 38.3. The average Bonchev–Trinajstić information content (AvgIpc) is 2.42. The van der Waals surface area contributed by atoms with Gasteiger partial charge in [-0.25, -0.2) is 0 Å². The Morgan fingerprint density at radius 3 is 2.54 bits per heavy atom. The predicted molar refractivity (Wildman–Crippen MR) is 105 cm³/mol. The molecule has 0 spiro atoms. The minimum atomic E-state index is -1.12. The van der Waals surface area contributed by atoms with Crippen LogP contribution < -0.4 is 0 Å². The van der Waals surface area contributed by atoms with Crippen molar-refractivity contribution >= 4 is 47.2 Å². The van der Waals surface area contributed by atoms with E-state index in [0.29, 0.717) is 0 Å². The van der Waals surface area contributed by atoms with E-state index in [1.807, 2.05) is 19.1 Å². The minimum Gasteiger partial charge on any atom is -0.481 e. The molecule has 1 unspecified atom stereocenters. The highest BCUT2D eigenvalue weighted by atomic mass is 127. The molecular weight excluding hydrogens is 439 g/mol. The number of fused-ring (bicyclic) bond motifs is 1. The van der Waals surface area contributed by atoms with Gasteiger partial charge in [0.05, 0.1) is 0 Å². The molecule has 2 aliphatic rings. The van der Waals surface area contributed by atoms with Crippen LogP contribution in [0, 0.1) is 22.7 Å². The zero-order valence-corrected chi connectivity index (χ0v) is 17.6. The van der Waals surface area contributed by atoms with Crippen molar-refractivity contribution < 1.29 is 19.4 Å². The molecule has 2 rings (SSSR count). The fourth-order valence-corrected chi connectivity index (χ4v) is 6.03. The summed E-state index contributed by atoms with van der Waals surface area (Å²) >= 11 is 6.33. The smallest absolute Gasteiger partial charge is 0.311 e. The van der Waals surface area contributed by atoms with E-state index in [9.17, 15) is 14.7 Å². The van der Waals surface area contributed by atoms with Crippen molar-refractivity contribution in [2.45, 2.75) is 52.6 Å². The molecule has 1 N–H and O–H groups in total. The van der Waals surface area contributed by atoms with Gasteiger partial charge in [0.25, 0.3) is 0 Å². The molecule has 1 saturated carbocycles. The molecular formula is C18H25IO4S. The second-order valence-corrected chi connectivity index (χ2v) is 9.28. The number of ether oxygens (including phenoxy) is 1. The summed E-state index contributed by atoms with van der Waals surface area (Å²) in [6, 6.07) is 0. The summed E-state index contributed by atoms with van der Waals surface area (Å²) in [6.45, 7) is 7.54. The number of carbonyl (C=O) groups is 2. The van der Waals surface area contributed by atoms with Crippen molar-refractivity contribution in [3.05, 3.63) is 21.1 Å². The van der Waals surface area contributed by atoms with Crippen molar-refractivity contribution in [3.63, 3.8) is 0 Å². The summed E-state index contributed by atoms with van der Waals surface area (Å²) in [5.41, 5.74) is -1.89. The standard InChI is InChI=1S/C18H25IO4S/c1-11(20)23-18-12(16(2,3)7-6-13(18)19)5-8-17(4,9-10-24)14(18)15(21)22/h6,9-10,12,14,24H,5,7-8H2,1-4H3,(H,21,22)/b10-9+/t12-,14-,17?,18-/m0/s1. The summed E-state index contributed by atoms with van der Waals surface area (Å²) in [5.74, 6) is -2.26. The lowest BCUT2D eigenvalue weighted by atomic mass is 9.49. The molecule has 2 aliphatic carbocycles. The van der Waals surface area contributed by atoms with Crippen LogP contribution in [0.15, 0.2) is 21.1 Å². The Balaban J connectivity index is 2.76. The molecule has 0 heterocycles. The van der Waals surface area contributed by atoms with Crippen LogP contribution in [0.2, 0.25) is 0 Å². The first-order valence-electron chi connectivity index (χ1n) is 8.11. The van der Waals surface area contributed by atoms with E-state index < -0.39 is 28.9 Å². The summed E-state index contributed by atoms with van der Waals surface area (Å²) in [4.78, 5) is 24.3. The molecule has 0 aliphatic heterocycles. The van der Waals surface area contributed by atoms with Crippen molar-refractivity contribution in [1.82, 2.24) is 0 Å². The third-order valence-electron chi connectivity index (χ3n) is 5.72. The van der Waals surface area contributed by atoms with Crippen LogP contribution in [0.4, 0.5) is 0 Å². The van der Waals surface area contributed by atoms with Gasteiger partial charge in [-0.1, -0.05) is 32.9 Å². The monoisotopic (exact) mass is 464 g/mol. The Hall–Kier alpha value is -0.500. The topological polar surface area (TPSA) is 63.6 Å². The number of carboxylic acids is 1. The van der Waals surface area contributed by atoms with E-state index >= 15 is 0 Å². The van der Waals surface area contributed by atoms with Gasteiger partial charge in [-0.3, -0.25) is 9.59 Å². The van der Waals surface area contributed by atoms with E-state index in [2.05, 4.69) is 49.1 Å². The fourth-order valence-electron chi connectivity index (χ4n) is 4.67. The average molecular weight is 464 g/mol.